The van der Waals surface area contributed by atoms with Crippen LogP contribution < -0.4 is 0 Å². The fourth-order valence-corrected chi connectivity index (χ4v) is 9.76. The Balaban J connectivity index is 2.39. The van der Waals surface area contributed by atoms with Gasteiger partial charge in [-0.05, 0) is 12.3 Å². The van der Waals surface area contributed by atoms with E-state index in [1.165, 1.54) is 0 Å². The predicted octanol–water partition coefficient (Wildman–Crippen LogP) is 4.60. The first kappa shape index (κ1) is 17.1. The molecule has 1 saturated heterocycles. The molecule has 18 heavy (non-hydrogen) atoms. The van der Waals surface area contributed by atoms with Crippen molar-refractivity contribution < 1.29 is 4.21 Å². The van der Waals surface area contributed by atoms with E-state index < -0.39 is 10.8 Å². The molecule has 0 radical (unpaired) electrons. The summed E-state index contributed by atoms with van der Waals surface area (Å²) in [5, 5.41) is 0.349. The van der Waals surface area contributed by atoms with Gasteiger partial charge < -0.3 is 0 Å². The lowest BCUT2D eigenvalue weighted by Gasteiger charge is -2.16. The fraction of sp³-hybridized carbons (Fsp3) is 0.667. The SMILES string of the molecule is C=CCSSC[C@H]1CC(C)S(=O)[C@@H]1SSCC=C. The highest BCUT2D eigenvalue weighted by Gasteiger charge is 2.39. The van der Waals surface area contributed by atoms with Gasteiger partial charge in [-0.1, -0.05) is 62.3 Å². The lowest BCUT2D eigenvalue weighted by atomic mass is 10.1. The van der Waals surface area contributed by atoms with Gasteiger partial charge in [0.15, 0.2) is 0 Å². The van der Waals surface area contributed by atoms with Crippen molar-refractivity contribution in [2.45, 2.75) is 23.2 Å². The van der Waals surface area contributed by atoms with Crippen molar-refractivity contribution in [1.29, 1.82) is 0 Å². The van der Waals surface area contributed by atoms with Crippen molar-refractivity contribution in [2.24, 2.45) is 5.92 Å². The second-order valence-corrected chi connectivity index (χ2v) is 11.4. The van der Waals surface area contributed by atoms with Crippen LogP contribution in [0.1, 0.15) is 13.3 Å². The highest BCUT2D eigenvalue weighted by atomic mass is 33.1. The third-order valence-electron chi connectivity index (χ3n) is 2.55. The molecule has 1 heterocycles. The Kier molecular flexibility index (Phi) is 9.36. The van der Waals surface area contributed by atoms with Gasteiger partial charge in [0.1, 0.15) is 0 Å². The number of hydrogen-bond acceptors (Lipinski definition) is 5. The number of hydrogen-bond donors (Lipinski definition) is 0. The molecule has 0 aromatic carbocycles. The Labute approximate surface area is 129 Å². The van der Waals surface area contributed by atoms with E-state index >= 15 is 0 Å². The first-order chi connectivity index (χ1) is 8.70. The van der Waals surface area contributed by atoms with Gasteiger partial charge in [0.25, 0.3) is 0 Å². The molecule has 1 fully saturated rings. The van der Waals surface area contributed by atoms with E-state index in [1.807, 2.05) is 33.7 Å². The Morgan fingerprint density at radius 1 is 1.22 bits per heavy atom. The van der Waals surface area contributed by atoms with Crippen molar-refractivity contribution in [3.8, 4) is 0 Å². The molecule has 0 aromatic rings. The van der Waals surface area contributed by atoms with Crippen LogP contribution in [-0.4, -0.2) is 31.3 Å². The molecule has 0 amide bonds. The van der Waals surface area contributed by atoms with E-state index in [0.717, 1.165) is 23.7 Å². The molecule has 0 aromatic heterocycles. The van der Waals surface area contributed by atoms with Crippen molar-refractivity contribution in [2.75, 3.05) is 17.3 Å². The Morgan fingerprint density at radius 2 is 1.89 bits per heavy atom. The van der Waals surface area contributed by atoms with Gasteiger partial charge in [0.05, 0.1) is 4.58 Å². The van der Waals surface area contributed by atoms with Gasteiger partial charge in [-0.2, -0.15) is 0 Å². The molecule has 0 N–H and O–H groups in total. The smallest absolute Gasteiger partial charge is 0.0944 e. The fourth-order valence-electron chi connectivity index (χ4n) is 1.70. The minimum absolute atomic E-state index is 0.293. The highest BCUT2D eigenvalue weighted by molar-refractivity contribution is 8.78. The first-order valence-corrected chi connectivity index (χ1v) is 12.0. The summed E-state index contributed by atoms with van der Waals surface area (Å²) in [4.78, 5) is 0. The molecule has 1 aliphatic heterocycles. The van der Waals surface area contributed by atoms with Crippen LogP contribution in [0.2, 0.25) is 0 Å². The zero-order chi connectivity index (χ0) is 13.4. The molecular weight excluding hydrogens is 320 g/mol. The van der Waals surface area contributed by atoms with Crippen LogP contribution in [0.15, 0.2) is 25.3 Å². The summed E-state index contributed by atoms with van der Waals surface area (Å²) in [6.07, 6.45) is 4.93. The van der Waals surface area contributed by atoms with Crippen LogP contribution in [0.25, 0.3) is 0 Å². The van der Waals surface area contributed by atoms with Gasteiger partial charge in [-0.25, -0.2) is 0 Å². The second-order valence-electron chi connectivity index (χ2n) is 4.03. The zero-order valence-corrected chi connectivity index (χ0v) is 14.7. The Morgan fingerprint density at radius 3 is 2.56 bits per heavy atom. The molecular formula is C12H20OS5. The number of rotatable bonds is 9. The molecule has 0 saturated carbocycles. The molecule has 1 rings (SSSR count). The van der Waals surface area contributed by atoms with Crippen LogP contribution in [0, 0.1) is 5.92 Å². The Hall–Kier alpha value is 1.03. The standard InChI is InChI=1S/C12H20OS5/c1-4-6-14-16-9-11-8-10(3)18(13)12(11)17-15-7-5-2/h4-5,10-12H,1-2,6-9H2,3H3/t10?,11-,12+,18?/m1/s1. The summed E-state index contributed by atoms with van der Waals surface area (Å²) < 4.78 is 12.5. The van der Waals surface area contributed by atoms with Gasteiger partial charge in [0, 0.05) is 33.3 Å². The molecule has 0 bridgehead atoms. The molecule has 1 aliphatic rings. The highest BCUT2D eigenvalue weighted by Crippen LogP contribution is 2.44. The maximum Gasteiger partial charge on any atom is 0.0944 e. The quantitative estimate of drug-likeness (QED) is 0.345. The van der Waals surface area contributed by atoms with Crippen molar-refractivity contribution in [3.63, 3.8) is 0 Å². The summed E-state index contributed by atoms with van der Waals surface area (Å²) in [7, 11) is 6.62. The summed E-state index contributed by atoms with van der Waals surface area (Å²) in [6.45, 7) is 9.55. The molecule has 6 heteroatoms. The first-order valence-electron chi connectivity index (χ1n) is 5.84. The summed E-state index contributed by atoms with van der Waals surface area (Å²) in [5.74, 6) is 3.59. The van der Waals surface area contributed by atoms with Gasteiger partial charge in [0.2, 0.25) is 0 Å². The second kappa shape index (κ2) is 9.86. The molecule has 1 nitrogen and oxygen atoms in total. The minimum Gasteiger partial charge on any atom is -0.258 e. The van der Waals surface area contributed by atoms with Crippen LogP contribution in [0.4, 0.5) is 0 Å². The van der Waals surface area contributed by atoms with Crippen molar-refractivity contribution in [1.82, 2.24) is 0 Å². The van der Waals surface area contributed by atoms with Crippen LogP contribution in [0.5, 0.6) is 0 Å². The van der Waals surface area contributed by atoms with Gasteiger partial charge in [-0.15, -0.1) is 13.2 Å². The predicted molar refractivity (Wildman–Crippen MR) is 94.9 cm³/mol. The normalized spacial score (nSPS) is 31.4. The van der Waals surface area contributed by atoms with E-state index in [0.29, 0.717) is 15.7 Å². The minimum atomic E-state index is -0.681. The average molecular weight is 341 g/mol. The van der Waals surface area contributed by atoms with Gasteiger partial charge in [-0.3, -0.25) is 4.21 Å². The van der Waals surface area contributed by atoms with Gasteiger partial charge >= 0.3 is 0 Å². The van der Waals surface area contributed by atoms with E-state index in [-0.39, 0.29) is 0 Å². The molecule has 0 spiro atoms. The average Bonchev–Trinajstić information content (AvgIpc) is 2.63. The maximum atomic E-state index is 12.2. The van der Waals surface area contributed by atoms with Crippen LogP contribution >= 0.6 is 43.2 Å². The van der Waals surface area contributed by atoms with Crippen LogP contribution in [-0.2, 0) is 10.8 Å². The lowest BCUT2D eigenvalue weighted by molar-refractivity contribution is 0.621. The summed E-state index contributed by atoms with van der Waals surface area (Å²) in [5.41, 5.74) is 0. The summed E-state index contributed by atoms with van der Waals surface area (Å²) >= 11 is 0. The largest absolute Gasteiger partial charge is 0.258 e. The van der Waals surface area contributed by atoms with Crippen molar-refractivity contribution >= 4 is 54.0 Å². The third-order valence-corrected chi connectivity index (χ3v) is 10.5. The monoisotopic (exact) mass is 340 g/mol. The summed E-state index contributed by atoms with van der Waals surface area (Å²) in [6, 6.07) is 0. The Bertz CT molecular complexity index is 294. The van der Waals surface area contributed by atoms with E-state index in [9.17, 15) is 4.21 Å². The van der Waals surface area contributed by atoms with E-state index in [1.54, 1.807) is 21.6 Å². The maximum absolute atomic E-state index is 12.2. The molecule has 104 valence electrons. The molecule has 0 aliphatic carbocycles. The van der Waals surface area contributed by atoms with Crippen molar-refractivity contribution in [3.05, 3.63) is 25.3 Å². The van der Waals surface area contributed by atoms with E-state index in [2.05, 4.69) is 20.1 Å². The molecule has 2 unspecified atom stereocenters. The zero-order valence-electron chi connectivity index (χ0n) is 10.6. The lowest BCUT2D eigenvalue weighted by Crippen LogP contribution is -2.15. The third kappa shape index (κ3) is 5.57. The topological polar surface area (TPSA) is 17.1 Å². The molecule has 4 atom stereocenters. The van der Waals surface area contributed by atoms with Crippen LogP contribution in [0.3, 0.4) is 0 Å². The van der Waals surface area contributed by atoms with E-state index in [4.69, 9.17) is 0 Å².